The van der Waals surface area contributed by atoms with Gasteiger partial charge in [-0.2, -0.15) is 0 Å². The van der Waals surface area contributed by atoms with Gasteiger partial charge in [-0.25, -0.2) is 4.79 Å². The van der Waals surface area contributed by atoms with Crippen LogP contribution in [0, 0.1) is 0 Å². The molecule has 20 heavy (non-hydrogen) atoms. The van der Waals surface area contributed by atoms with Crippen molar-refractivity contribution < 1.29 is 14.3 Å². The van der Waals surface area contributed by atoms with Gasteiger partial charge in [-0.15, -0.1) is 0 Å². The third-order valence-corrected chi connectivity index (χ3v) is 3.04. The minimum Gasteiger partial charge on any atom is -0.460 e. The highest BCUT2D eigenvalue weighted by Gasteiger charge is 2.20. The molecule has 0 saturated carbocycles. The van der Waals surface area contributed by atoms with Crippen LogP contribution in [0.1, 0.15) is 17.3 Å². The molecule has 0 aliphatic rings. The number of esters is 1. The molecule has 2 rings (SSSR count). The van der Waals surface area contributed by atoms with Crippen LogP contribution >= 0.6 is 11.6 Å². The normalized spacial score (nSPS) is 10.1. The molecule has 0 unspecified atom stereocenters. The Morgan fingerprint density at radius 3 is 2.35 bits per heavy atom. The topological polar surface area (TPSA) is 43.4 Å². The Balaban J connectivity index is 2.43. The molecule has 0 spiro atoms. The van der Waals surface area contributed by atoms with Crippen LogP contribution in [0.2, 0.25) is 5.02 Å². The molecule has 2 aromatic rings. The summed E-state index contributed by atoms with van der Waals surface area (Å²) >= 11 is 5.85. The zero-order valence-electron chi connectivity index (χ0n) is 10.9. The number of carbonyl (C=O) groups excluding carboxylic acids is 2. The molecule has 0 aromatic heterocycles. The third kappa shape index (κ3) is 3.06. The Morgan fingerprint density at radius 1 is 1.05 bits per heavy atom. The number of ketones is 1. The number of carbonyl (C=O) groups is 2. The van der Waals surface area contributed by atoms with Crippen molar-refractivity contribution in [3.8, 4) is 11.1 Å². The molecule has 0 bridgehead atoms. The van der Waals surface area contributed by atoms with E-state index >= 15 is 0 Å². The highest BCUT2D eigenvalue weighted by molar-refractivity contribution is 6.41. The number of benzene rings is 2. The first-order valence-corrected chi connectivity index (χ1v) is 6.57. The summed E-state index contributed by atoms with van der Waals surface area (Å²) in [6.45, 7) is 1.84. The molecule has 0 N–H and O–H groups in total. The minimum absolute atomic E-state index is 0.174. The molecule has 0 fully saturated rings. The number of hydrogen-bond acceptors (Lipinski definition) is 3. The molecule has 0 amide bonds. The highest BCUT2D eigenvalue weighted by atomic mass is 35.5. The van der Waals surface area contributed by atoms with Crippen molar-refractivity contribution in [1.82, 2.24) is 0 Å². The molecule has 0 radical (unpaired) electrons. The highest BCUT2D eigenvalue weighted by Crippen LogP contribution is 2.25. The Hall–Kier alpha value is -2.13. The summed E-state index contributed by atoms with van der Waals surface area (Å²) in [4.78, 5) is 23.7. The first-order chi connectivity index (χ1) is 9.63. The van der Waals surface area contributed by atoms with Gasteiger partial charge in [0.15, 0.2) is 0 Å². The smallest absolute Gasteiger partial charge is 0.379 e. The van der Waals surface area contributed by atoms with Crippen molar-refractivity contribution in [3.63, 3.8) is 0 Å². The Kier molecular flexibility index (Phi) is 4.53. The summed E-state index contributed by atoms with van der Waals surface area (Å²) in [5, 5.41) is 0.614. The molecule has 0 heterocycles. The van der Waals surface area contributed by atoms with Gasteiger partial charge in [0.2, 0.25) is 0 Å². The van der Waals surface area contributed by atoms with E-state index in [0.717, 1.165) is 5.56 Å². The van der Waals surface area contributed by atoms with E-state index in [4.69, 9.17) is 16.3 Å². The summed E-state index contributed by atoms with van der Waals surface area (Å²) < 4.78 is 4.76. The van der Waals surface area contributed by atoms with Gasteiger partial charge in [0.05, 0.1) is 6.61 Å². The summed E-state index contributed by atoms with van der Waals surface area (Å²) in [6, 6.07) is 14.0. The van der Waals surface area contributed by atoms with E-state index in [1.807, 2.05) is 6.07 Å². The largest absolute Gasteiger partial charge is 0.460 e. The van der Waals surface area contributed by atoms with E-state index < -0.39 is 11.8 Å². The quantitative estimate of drug-likeness (QED) is 0.489. The first kappa shape index (κ1) is 14.3. The fraction of sp³-hybridized carbons (Fsp3) is 0.125. The standard InChI is InChI=1S/C16H13ClO3/c1-2-20-16(19)15(18)14-6-4-3-5-13(14)11-7-9-12(17)10-8-11/h3-10H,2H2,1H3. The van der Waals surface area contributed by atoms with Crippen LogP contribution in [0.25, 0.3) is 11.1 Å². The maximum Gasteiger partial charge on any atom is 0.379 e. The van der Waals surface area contributed by atoms with Crippen LogP contribution in [-0.4, -0.2) is 18.4 Å². The van der Waals surface area contributed by atoms with E-state index in [-0.39, 0.29) is 6.61 Å². The lowest BCUT2D eigenvalue weighted by molar-refractivity contribution is -0.137. The molecule has 0 atom stereocenters. The van der Waals surface area contributed by atoms with Crippen LogP contribution in [0.15, 0.2) is 48.5 Å². The fourth-order valence-electron chi connectivity index (χ4n) is 1.87. The van der Waals surface area contributed by atoms with Gasteiger partial charge in [-0.3, -0.25) is 4.79 Å². The van der Waals surface area contributed by atoms with Gasteiger partial charge in [-0.05, 0) is 30.2 Å². The maximum absolute atomic E-state index is 12.1. The number of hydrogen-bond donors (Lipinski definition) is 0. The number of ether oxygens (including phenoxy) is 1. The van der Waals surface area contributed by atoms with E-state index in [9.17, 15) is 9.59 Å². The second-order valence-corrected chi connectivity index (χ2v) is 4.54. The zero-order valence-corrected chi connectivity index (χ0v) is 11.7. The second-order valence-electron chi connectivity index (χ2n) is 4.10. The van der Waals surface area contributed by atoms with E-state index in [1.165, 1.54) is 0 Å². The first-order valence-electron chi connectivity index (χ1n) is 6.20. The van der Waals surface area contributed by atoms with E-state index in [2.05, 4.69) is 0 Å². The van der Waals surface area contributed by atoms with Gasteiger partial charge >= 0.3 is 5.97 Å². The van der Waals surface area contributed by atoms with Gasteiger partial charge in [0.25, 0.3) is 5.78 Å². The Labute approximate surface area is 122 Å². The van der Waals surface area contributed by atoms with Gasteiger partial charge in [-0.1, -0.05) is 48.0 Å². The molecule has 0 saturated heterocycles. The number of Topliss-reactive ketones (excluding diaryl/α,β-unsaturated/α-hetero) is 1. The van der Waals surface area contributed by atoms with Crippen molar-refractivity contribution in [2.45, 2.75) is 6.92 Å². The lowest BCUT2D eigenvalue weighted by Gasteiger charge is -2.08. The Morgan fingerprint density at radius 2 is 1.70 bits per heavy atom. The lowest BCUT2D eigenvalue weighted by Crippen LogP contribution is -2.18. The third-order valence-electron chi connectivity index (χ3n) is 2.79. The average Bonchev–Trinajstić information content (AvgIpc) is 2.47. The zero-order chi connectivity index (χ0) is 14.5. The minimum atomic E-state index is -0.839. The molecular weight excluding hydrogens is 276 g/mol. The van der Waals surface area contributed by atoms with Gasteiger partial charge in [0, 0.05) is 10.6 Å². The molecule has 3 nitrogen and oxygen atoms in total. The van der Waals surface area contributed by atoms with Crippen molar-refractivity contribution in [1.29, 1.82) is 0 Å². The lowest BCUT2D eigenvalue weighted by atomic mass is 9.97. The number of halogens is 1. The monoisotopic (exact) mass is 288 g/mol. The summed E-state index contributed by atoms with van der Waals surface area (Å²) in [6.07, 6.45) is 0. The van der Waals surface area contributed by atoms with Crippen LogP contribution in [0.5, 0.6) is 0 Å². The van der Waals surface area contributed by atoms with Gasteiger partial charge < -0.3 is 4.74 Å². The van der Waals surface area contributed by atoms with E-state index in [0.29, 0.717) is 16.1 Å². The van der Waals surface area contributed by atoms with Crippen LogP contribution in [0.3, 0.4) is 0 Å². The molecular formula is C16H13ClO3. The van der Waals surface area contributed by atoms with Crippen LogP contribution in [0.4, 0.5) is 0 Å². The predicted octanol–water partition coefficient (Wildman–Crippen LogP) is 3.75. The summed E-state index contributed by atoms with van der Waals surface area (Å²) in [7, 11) is 0. The van der Waals surface area contributed by atoms with Crippen molar-refractivity contribution >= 4 is 23.4 Å². The maximum atomic E-state index is 12.1. The summed E-state index contributed by atoms with van der Waals surface area (Å²) in [5.41, 5.74) is 1.83. The SMILES string of the molecule is CCOC(=O)C(=O)c1ccccc1-c1ccc(Cl)cc1. The summed E-state index contributed by atoms with van der Waals surface area (Å²) in [5.74, 6) is -1.48. The van der Waals surface area contributed by atoms with Crippen molar-refractivity contribution in [3.05, 3.63) is 59.1 Å². The molecule has 0 aliphatic heterocycles. The van der Waals surface area contributed by atoms with Crippen molar-refractivity contribution in [2.75, 3.05) is 6.61 Å². The fourth-order valence-corrected chi connectivity index (χ4v) is 1.99. The van der Waals surface area contributed by atoms with Crippen LogP contribution < -0.4 is 0 Å². The molecule has 0 aliphatic carbocycles. The van der Waals surface area contributed by atoms with Gasteiger partial charge in [0.1, 0.15) is 0 Å². The molecule has 2 aromatic carbocycles. The molecule has 4 heteroatoms. The van der Waals surface area contributed by atoms with E-state index in [1.54, 1.807) is 49.4 Å². The molecule has 102 valence electrons. The Bertz CT molecular complexity index is 632. The predicted molar refractivity (Wildman–Crippen MR) is 77.9 cm³/mol. The second kappa shape index (κ2) is 6.35. The average molecular weight is 289 g/mol. The van der Waals surface area contributed by atoms with Crippen LogP contribution in [-0.2, 0) is 9.53 Å². The van der Waals surface area contributed by atoms with Crippen molar-refractivity contribution in [2.24, 2.45) is 0 Å². The number of rotatable bonds is 4.